The van der Waals surface area contributed by atoms with Gasteiger partial charge in [-0.3, -0.25) is 4.79 Å². The second-order valence-corrected chi connectivity index (χ2v) is 12.0. The number of carbonyl (C=O) groups is 1. The van der Waals surface area contributed by atoms with Gasteiger partial charge < -0.3 is 20.1 Å². The van der Waals surface area contributed by atoms with Gasteiger partial charge in [-0.15, -0.1) is 0 Å². The van der Waals surface area contributed by atoms with Crippen LogP contribution < -0.4 is 15.2 Å². The van der Waals surface area contributed by atoms with Crippen molar-refractivity contribution in [2.45, 2.75) is 45.6 Å². The predicted octanol–water partition coefficient (Wildman–Crippen LogP) is 7.87. The number of nitrogens with zero attached hydrogens (tertiary/aromatic N) is 1. The molecular formula is C36H40Cl2N2O3. The first-order valence-corrected chi connectivity index (χ1v) is 15.3. The molecule has 0 saturated heterocycles. The Bertz CT molecular complexity index is 1510. The molecule has 0 fully saturated rings. The maximum atomic E-state index is 12.1. The number of hydrogen-bond acceptors (Lipinski definition) is 4. The Kier molecular flexibility index (Phi) is 11.5. The second-order valence-electron chi connectivity index (χ2n) is 11.2. The van der Waals surface area contributed by atoms with E-state index in [9.17, 15) is 4.79 Å². The molecule has 0 aliphatic rings. The van der Waals surface area contributed by atoms with Crippen LogP contribution in [-0.4, -0.2) is 44.2 Å². The van der Waals surface area contributed by atoms with Crippen LogP contribution in [0.1, 0.15) is 34.2 Å². The Hall–Kier alpha value is -3.51. The van der Waals surface area contributed by atoms with E-state index in [1.807, 2.05) is 43.3 Å². The van der Waals surface area contributed by atoms with Gasteiger partial charge in [0.2, 0.25) is 5.91 Å². The molecule has 0 bridgehead atoms. The van der Waals surface area contributed by atoms with Gasteiger partial charge >= 0.3 is 0 Å². The Morgan fingerprint density at radius 1 is 0.837 bits per heavy atom. The number of carbonyl (C=O) groups excluding carboxylic acids is 1. The molecule has 4 rings (SSSR count). The van der Waals surface area contributed by atoms with Gasteiger partial charge in [-0.25, -0.2) is 0 Å². The van der Waals surface area contributed by atoms with Crippen LogP contribution in [0, 0.1) is 13.8 Å². The summed E-state index contributed by atoms with van der Waals surface area (Å²) < 4.78 is 11.6. The lowest BCUT2D eigenvalue weighted by molar-refractivity contribution is -0.128. The Morgan fingerprint density at radius 3 is 2.19 bits per heavy atom. The Balaban J connectivity index is 1.28. The molecule has 5 nitrogen and oxygen atoms in total. The number of aryl methyl sites for hydroxylation is 3. The van der Waals surface area contributed by atoms with Crippen LogP contribution in [0.2, 0.25) is 10.0 Å². The van der Waals surface area contributed by atoms with Crippen LogP contribution in [0.4, 0.5) is 0 Å². The lowest BCUT2D eigenvalue weighted by atomic mass is 9.91. The lowest BCUT2D eigenvalue weighted by Crippen LogP contribution is -2.25. The molecule has 2 N–H and O–H groups in total. The number of benzene rings is 4. The van der Waals surface area contributed by atoms with Crippen LogP contribution in [-0.2, 0) is 24.1 Å². The quantitative estimate of drug-likeness (QED) is 0.155. The number of halogens is 2. The number of nitrogens with two attached hydrogens (primary N) is 1. The van der Waals surface area contributed by atoms with Crippen molar-refractivity contribution in [3.8, 4) is 22.6 Å². The monoisotopic (exact) mass is 618 g/mol. The lowest BCUT2D eigenvalue weighted by Gasteiger charge is -2.16. The molecule has 1 unspecified atom stereocenters. The fourth-order valence-electron chi connectivity index (χ4n) is 5.08. The second kappa shape index (κ2) is 15.3. The molecule has 4 aromatic rings. The first kappa shape index (κ1) is 32.4. The van der Waals surface area contributed by atoms with E-state index in [0.29, 0.717) is 41.9 Å². The van der Waals surface area contributed by atoms with E-state index < -0.39 is 0 Å². The van der Waals surface area contributed by atoms with E-state index in [-0.39, 0.29) is 11.9 Å². The zero-order chi connectivity index (χ0) is 30.9. The maximum Gasteiger partial charge on any atom is 0.222 e. The average molecular weight is 620 g/mol. The zero-order valence-corrected chi connectivity index (χ0v) is 26.8. The van der Waals surface area contributed by atoms with Gasteiger partial charge in [-0.2, -0.15) is 0 Å². The first-order valence-electron chi connectivity index (χ1n) is 14.5. The van der Waals surface area contributed by atoms with Crippen LogP contribution in [0.5, 0.6) is 11.5 Å². The SMILES string of the molecule is Cc1cc(Cl)c(OCCOc2ccc(CC(N)Cc3ccc(-c4ccccc4CCC(=O)N(C)C)cc3C)cc2)c(Cl)c1. The largest absolute Gasteiger partial charge is 0.490 e. The molecule has 0 aliphatic heterocycles. The number of amides is 1. The molecular weight excluding hydrogens is 579 g/mol. The Labute approximate surface area is 265 Å². The highest BCUT2D eigenvalue weighted by molar-refractivity contribution is 6.37. The molecule has 0 aromatic heterocycles. The molecule has 0 radical (unpaired) electrons. The smallest absolute Gasteiger partial charge is 0.222 e. The minimum absolute atomic E-state index is 0.0157. The van der Waals surface area contributed by atoms with E-state index in [0.717, 1.165) is 35.3 Å². The van der Waals surface area contributed by atoms with Crippen molar-refractivity contribution in [1.82, 2.24) is 4.90 Å². The molecule has 0 saturated carbocycles. The van der Waals surface area contributed by atoms with Crippen molar-refractivity contribution in [3.05, 3.63) is 117 Å². The van der Waals surface area contributed by atoms with Gasteiger partial charge in [0.15, 0.2) is 5.75 Å². The fraction of sp³-hybridized carbons (Fsp3) is 0.306. The van der Waals surface area contributed by atoms with Gasteiger partial charge in [-0.1, -0.05) is 77.8 Å². The molecule has 1 atom stereocenters. The summed E-state index contributed by atoms with van der Waals surface area (Å²) in [6.07, 6.45) is 2.76. The summed E-state index contributed by atoms with van der Waals surface area (Å²) in [5.74, 6) is 1.38. The molecule has 43 heavy (non-hydrogen) atoms. The van der Waals surface area contributed by atoms with Gasteiger partial charge in [0.1, 0.15) is 19.0 Å². The van der Waals surface area contributed by atoms with Crippen molar-refractivity contribution < 1.29 is 14.3 Å². The zero-order valence-electron chi connectivity index (χ0n) is 25.3. The van der Waals surface area contributed by atoms with E-state index in [1.54, 1.807) is 19.0 Å². The maximum absolute atomic E-state index is 12.1. The Morgan fingerprint density at radius 2 is 1.51 bits per heavy atom. The van der Waals surface area contributed by atoms with Crippen molar-refractivity contribution in [1.29, 1.82) is 0 Å². The van der Waals surface area contributed by atoms with Crippen molar-refractivity contribution in [3.63, 3.8) is 0 Å². The summed E-state index contributed by atoms with van der Waals surface area (Å²) in [6.45, 7) is 4.77. The third-order valence-electron chi connectivity index (χ3n) is 7.42. The van der Waals surface area contributed by atoms with E-state index in [2.05, 4.69) is 49.4 Å². The average Bonchev–Trinajstić information content (AvgIpc) is 2.97. The van der Waals surface area contributed by atoms with Gasteiger partial charge in [0, 0.05) is 26.6 Å². The fourth-order valence-corrected chi connectivity index (χ4v) is 5.79. The van der Waals surface area contributed by atoms with Crippen LogP contribution in [0.3, 0.4) is 0 Å². The molecule has 0 aliphatic carbocycles. The summed E-state index contributed by atoms with van der Waals surface area (Å²) in [4.78, 5) is 13.8. The third kappa shape index (κ3) is 9.24. The summed E-state index contributed by atoms with van der Waals surface area (Å²) in [7, 11) is 3.59. The van der Waals surface area contributed by atoms with Crippen molar-refractivity contribution in [2.75, 3.05) is 27.3 Å². The van der Waals surface area contributed by atoms with Gasteiger partial charge in [0.05, 0.1) is 10.0 Å². The van der Waals surface area contributed by atoms with Crippen LogP contribution >= 0.6 is 23.2 Å². The summed E-state index contributed by atoms with van der Waals surface area (Å²) in [5, 5.41) is 0.985. The number of ether oxygens (including phenoxy) is 2. The standard InChI is InChI=1S/C36H40Cl2N2O3/c1-24-19-33(37)36(34(38)20-24)43-18-17-42-31-14-9-26(10-15-31)22-30(39)23-28-11-12-29(21-25(28)2)32-8-6-5-7-27(32)13-16-35(41)40(3)4/h5-12,14-15,19-21,30H,13,16-18,22-23,39H2,1-4H3. The van der Waals surface area contributed by atoms with E-state index >= 15 is 0 Å². The molecule has 1 amide bonds. The highest BCUT2D eigenvalue weighted by atomic mass is 35.5. The molecule has 7 heteroatoms. The van der Waals surface area contributed by atoms with Crippen LogP contribution in [0.25, 0.3) is 11.1 Å². The molecule has 0 spiro atoms. The topological polar surface area (TPSA) is 64.8 Å². The minimum Gasteiger partial charge on any atom is -0.490 e. The summed E-state index contributed by atoms with van der Waals surface area (Å²) in [6, 6.07) is 26.5. The van der Waals surface area contributed by atoms with Crippen molar-refractivity contribution in [2.24, 2.45) is 5.73 Å². The van der Waals surface area contributed by atoms with Gasteiger partial charge in [0.25, 0.3) is 0 Å². The highest BCUT2D eigenvalue weighted by Crippen LogP contribution is 2.34. The van der Waals surface area contributed by atoms with Crippen molar-refractivity contribution >= 4 is 29.1 Å². The molecule has 0 heterocycles. The normalized spacial score (nSPS) is 11.7. The van der Waals surface area contributed by atoms with Crippen LogP contribution in [0.15, 0.2) is 78.9 Å². The molecule has 4 aromatic carbocycles. The number of rotatable bonds is 13. The minimum atomic E-state index is -0.0157. The third-order valence-corrected chi connectivity index (χ3v) is 7.98. The summed E-state index contributed by atoms with van der Waals surface area (Å²) in [5.41, 5.74) is 14.7. The van der Waals surface area contributed by atoms with E-state index in [1.165, 1.54) is 22.3 Å². The van der Waals surface area contributed by atoms with Gasteiger partial charge in [-0.05, 0) is 96.3 Å². The number of hydrogen-bond donors (Lipinski definition) is 1. The summed E-state index contributed by atoms with van der Waals surface area (Å²) >= 11 is 12.5. The highest BCUT2D eigenvalue weighted by Gasteiger charge is 2.13. The molecule has 226 valence electrons. The first-order chi connectivity index (χ1) is 20.6. The van der Waals surface area contributed by atoms with E-state index in [4.69, 9.17) is 38.4 Å². The predicted molar refractivity (Wildman–Crippen MR) is 178 cm³/mol.